The molecule has 0 aliphatic heterocycles. The van der Waals surface area contributed by atoms with Gasteiger partial charge in [-0.15, -0.1) is 0 Å². The summed E-state index contributed by atoms with van der Waals surface area (Å²) in [5, 5.41) is 20.2. The zero-order valence-corrected chi connectivity index (χ0v) is 14.2. The highest BCUT2D eigenvalue weighted by atomic mass is 16.3. The lowest BCUT2D eigenvalue weighted by atomic mass is 9.51. The summed E-state index contributed by atoms with van der Waals surface area (Å²) in [7, 11) is 0. The van der Waals surface area contributed by atoms with E-state index in [1.807, 2.05) is 6.92 Å². The molecule has 0 radical (unpaired) electrons. The average Bonchev–Trinajstić information content (AvgIpc) is 2.84. The van der Waals surface area contributed by atoms with E-state index in [4.69, 9.17) is 0 Å². The van der Waals surface area contributed by atoms with Crippen molar-refractivity contribution in [2.45, 2.75) is 77.4 Å². The quantitative estimate of drug-likeness (QED) is 0.721. The Kier molecular flexibility index (Phi) is 3.69. The van der Waals surface area contributed by atoms with Crippen LogP contribution < -0.4 is 0 Å². The van der Waals surface area contributed by atoms with Crippen molar-refractivity contribution in [2.24, 2.45) is 35.0 Å². The number of fused-ring (bicyclic) bond motifs is 5. The van der Waals surface area contributed by atoms with Crippen LogP contribution in [0.3, 0.4) is 0 Å². The van der Waals surface area contributed by atoms with Crippen LogP contribution in [0.4, 0.5) is 0 Å². The van der Waals surface area contributed by atoms with Gasteiger partial charge in [-0.25, -0.2) is 0 Å². The Morgan fingerprint density at radius 3 is 2.68 bits per heavy atom. The zero-order chi connectivity index (χ0) is 15.5. The molecule has 6 unspecified atom stereocenters. The van der Waals surface area contributed by atoms with E-state index in [2.05, 4.69) is 13.0 Å². The van der Waals surface area contributed by atoms with Crippen molar-refractivity contribution >= 4 is 0 Å². The molecule has 0 spiro atoms. The lowest BCUT2D eigenvalue weighted by molar-refractivity contribution is -0.0505. The lowest BCUT2D eigenvalue weighted by Crippen LogP contribution is -2.47. The Labute approximate surface area is 135 Å². The smallest absolute Gasteiger partial charge is 0.0723 e. The van der Waals surface area contributed by atoms with Gasteiger partial charge in [-0.1, -0.05) is 18.6 Å². The van der Waals surface area contributed by atoms with E-state index in [0.29, 0.717) is 11.3 Å². The third kappa shape index (κ3) is 2.13. The Morgan fingerprint density at radius 1 is 1.09 bits per heavy atom. The topological polar surface area (TPSA) is 40.5 Å². The van der Waals surface area contributed by atoms with E-state index >= 15 is 0 Å². The minimum atomic E-state index is -0.178. The molecule has 22 heavy (non-hydrogen) atoms. The maximum absolute atomic E-state index is 10.2. The van der Waals surface area contributed by atoms with Crippen molar-refractivity contribution in [3.8, 4) is 0 Å². The van der Waals surface area contributed by atoms with Gasteiger partial charge in [-0.05, 0) is 93.3 Å². The van der Waals surface area contributed by atoms with Crippen LogP contribution in [0.2, 0.25) is 0 Å². The maximum atomic E-state index is 10.2. The van der Waals surface area contributed by atoms with Crippen molar-refractivity contribution in [2.75, 3.05) is 0 Å². The molecule has 0 aromatic carbocycles. The molecule has 3 fully saturated rings. The summed E-state index contributed by atoms with van der Waals surface area (Å²) < 4.78 is 0. The second-order valence-electron chi connectivity index (χ2n) is 8.93. The molecule has 0 bridgehead atoms. The summed E-state index contributed by atoms with van der Waals surface area (Å²) >= 11 is 0. The van der Waals surface area contributed by atoms with E-state index in [1.165, 1.54) is 44.9 Å². The Bertz CT molecular complexity index is 468. The van der Waals surface area contributed by atoms with Gasteiger partial charge >= 0.3 is 0 Å². The van der Waals surface area contributed by atoms with Crippen molar-refractivity contribution in [3.05, 3.63) is 11.6 Å². The van der Waals surface area contributed by atoms with Gasteiger partial charge in [0.25, 0.3) is 0 Å². The minimum Gasteiger partial charge on any atom is -0.393 e. The number of hydrogen-bond acceptors (Lipinski definition) is 2. The molecule has 0 amide bonds. The van der Waals surface area contributed by atoms with Crippen LogP contribution in [0.25, 0.3) is 0 Å². The predicted octanol–water partition coefficient (Wildman–Crippen LogP) is 3.92. The molecule has 2 heteroatoms. The summed E-state index contributed by atoms with van der Waals surface area (Å²) in [6.07, 6.45) is 11.8. The minimum absolute atomic E-state index is 0.143. The van der Waals surface area contributed by atoms with E-state index < -0.39 is 0 Å². The largest absolute Gasteiger partial charge is 0.393 e. The van der Waals surface area contributed by atoms with Crippen LogP contribution in [0, 0.1) is 35.0 Å². The highest BCUT2D eigenvalue weighted by Crippen LogP contribution is 2.64. The Morgan fingerprint density at radius 2 is 1.91 bits per heavy atom. The molecule has 124 valence electrons. The second-order valence-corrected chi connectivity index (χ2v) is 8.93. The van der Waals surface area contributed by atoms with E-state index in [-0.39, 0.29) is 12.2 Å². The molecule has 0 aromatic rings. The fourth-order valence-electron chi connectivity index (χ4n) is 7.15. The summed E-state index contributed by atoms with van der Waals surface area (Å²) in [6.45, 7) is 4.49. The van der Waals surface area contributed by atoms with Crippen molar-refractivity contribution in [3.63, 3.8) is 0 Å². The van der Waals surface area contributed by atoms with Gasteiger partial charge in [-0.2, -0.15) is 0 Å². The SMILES string of the molecule is CC(O)[C@@H]1CCC2C3CCC4=CC(O)CCC4C3CC[C@]21C. The normalized spacial score (nSPS) is 52.3. The Balaban J connectivity index is 1.59. The summed E-state index contributed by atoms with van der Waals surface area (Å²) in [5.41, 5.74) is 1.96. The van der Waals surface area contributed by atoms with Gasteiger partial charge in [0.15, 0.2) is 0 Å². The van der Waals surface area contributed by atoms with Crippen LogP contribution in [0.15, 0.2) is 11.6 Å². The highest BCUT2D eigenvalue weighted by Gasteiger charge is 2.56. The van der Waals surface area contributed by atoms with E-state index in [0.717, 1.165) is 30.1 Å². The molecule has 8 atom stereocenters. The predicted molar refractivity (Wildman–Crippen MR) is 88.3 cm³/mol. The van der Waals surface area contributed by atoms with Crippen LogP contribution in [-0.2, 0) is 0 Å². The van der Waals surface area contributed by atoms with E-state index in [1.54, 1.807) is 5.57 Å². The summed E-state index contributed by atoms with van der Waals surface area (Å²) in [4.78, 5) is 0. The molecule has 4 aliphatic carbocycles. The fourth-order valence-corrected chi connectivity index (χ4v) is 7.15. The summed E-state index contributed by atoms with van der Waals surface area (Å²) in [5.74, 6) is 3.85. The van der Waals surface area contributed by atoms with Crippen molar-refractivity contribution < 1.29 is 10.2 Å². The highest BCUT2D eigenvalue weighted by molar-refractivity contribution is 5.20. The van der Waals surface area contributed by atoms with Gasteiger partial charge in [0.2, 0.25) is 0 Å². The second kappa shape index (κ2) is 5.34. The molecule has 0 aromatic heterocycles. The molecular formula is C20H32O2. The first kappa shape index (κ1) is 15.2. The standard InChI is InChI=1S/C20H32O2/c1-12(21)18-7-8-19-17-5-3-13-11-14(22)4-6-15(13)16(17)9-10-20(18,19)2/h11-12,14-19,21-22H,3-10H2,1-2H3/t12?,14?,15?,16?,17?,18-,19?,20-/m0/s1. The van der Waals surface area contributed by atoms with Crippen molar-refractivity contribution in [1.29, 1.82) is 0 Å². The summed E-state index contributed by atoms with van der Waals surface area (Å²) in [6, 6.07) is 0. The first-order chi connectivity index (χ1) is 10.5. The molecule has 4 aliphatic rings. The number of aliphatic hydroxyl groups is 2. The number of rotatable bonds is 1. The third-order valence-electron chi connectivity index (χ3n) is 8.09. The average molecular weight is 304 g/mol. The first-order valence-electron chi connectivity index (χ1n) is 9.57. The number of allylic oxidation sites excluding steroid dienone is 1. The molecule has 3 saturated carbocycles. The lowest BCUT2D eigenvalue weighted by Gasteiger charge is -2.54. The zero-order valence-electron chi connectivity index (χ0n) is 14.2. The molecule has 0 heterocycles. The number of aliphatic hydroxyl groups excluding tert-OH is 2. The monoisotopic (exact) mass is 304 g/mol. The van der Waals surface area contributed by atoms with Gasteiger partial charge in [0.1, 0.15) is 0 Å². The van der Waals surface area contributed by atoms with Crippen LogP contribution in [0.5, 0.6) is 0 Å². The molecule has 2 nitrogen and oxygen atoms in total. The molecule has 2 N–H and O–H groups in total. The van der Waals surface area contributed by atoms with Crippen LogP contribution in [0.1, 0.15) is 65.2 Å². The molecule has 0 saturated heterocycles. The van der Waals surface area contributed by atoms with Crippen molar-refractivity contribution in [1.82, 2.24) is 0 Å². The van der Waals surface area contributed by atoms with Gasteiger partial charge in [0.05, 0.1) is 12.2 Å². The van der Waals surface area contributed by atoms with Gasteiger partial charge in [0, 0.05) is 0 Å². The van der Waals surface area contributed by atoms with Gasteiger partial charge in [-0.3, -0.25) is 0 Å². The maximum Gasteiger partial charge on any atom is 0.0723 e. The third-order valence-corrected chi connectivity index (χ3v) is 8.09. The number of hydrogen-bond donors (Lipinski definition) is 2. The molecular weight excluding hydrogens is 272 g/mol. The van der Waals surface area contributed by atoms with E-state index in [9.17, 15) is 10.2 Å². The van der Waals surface area contributed by atoms with Gasteiger partial charge < -0.3 is 10.2 Å². The molecule has 4 rings (SSSR count). The fraction of sp³-hybridized carbons (Fsp3) is 0.900. The first-order valence-corrected chi connectivity index (χ1v) is 9.57. The Hall–Kier alpha value is -0.340. The van der Waals surface area contributed by atoms with Crippen LogP contribution in [-0.4, -0.2) is 22.4 Å². The van der Waals surface area contributed by atoms with Crippen LogP contribution >= 0.6 is 0 Å².